The molecule has 0 bridgehead atoms. The molecule has 0 radical (unpaired) electrons. The quantitative estimate of drug-likeness (QED) is 0.841. The van der Waals surface area contributed by atoms with Crippen LogP contribution in [0.3, 0.4) is 0 Å². The van der Waals surface area contributed by atoms with E-state index in [1.165, 1.54) is 4.88 Å². The minimum absolute atomic E-state index is 0.0289. The van der Waals surface area contributed by atoms with Crippen LogP contribution < -0.4 is 5.32 Å². The zero-order chi connectivity index (χ0) is 16.6. The molecule has 1 aliphatic rings. The second-order valence-corrected chi connectivity index (χ2v) is 8.26. The molecule has 1 saturated carbocycles. The number of rotatable bonds is 5. The molecule has 0 aliphatic heterocycles. The van der Waals surface area contributed by atoms with E-state index in [4.69, 9.17) is 23.2 Å². The van der Waals surface area contributed by atoms with E-state index < -0.39 is 0 Å². The second-order valence-electron chi connectivity index (χ2n) is 6.22. The van der Waals surface area contributed by atoms with Gasteiger partial charge < -0.3 is 5.32 Å². The minimum atomic E-state index is -0.141. The lowest BCUT2D eigenvalue weighted by Gasteiger charge is -2.09. The number of halogens is 2. The number of amides is 1. The fourth-order valence-electron chi connectivity index (χ4n) is 2.94. The van der Waals surface area contributed by atoms with E-state index in [-0.39, 0.29) is 27.6 Å². The zero-order valence-electron chi connectivity index (χ0n) is 12.8. The predicted molar refractivity (Wildman–Crippen MR) is 94.8 cm³/mol. The first kappa shape index (κ1) is 16.6. The molecule has 1 N–H and O–H groups in total. The van der Waals surface area contributed by atoms with Crippen molar-refractivity contribution in [2.75, 3.05) is 5.32 Å². The molecule has 2 atom stereocenters. The first-order chi connectivity index (χ1) is 10.9. The van der Waals surface area contributed by atoms with Crippen LogP contribution in [-0.2, 0) is 11.3 Å². The molecule has 0 spiro atoms. The highest BCUT2D eigenvalue weighted by molar-refractivity contribution is 7.09. The van der Waals surface area contributed by atoms with Gasteiger partial charge in [-0.1, -0.05) is 43.1 Å². The summed E-state index contributed by atoms with van der Waals surface area (Å²) in [5, 5.41) is 9.28. The van der Waals surface area contributed by atoms with Gasteiger partial charge in [-0.3, -0.25) is 4.79 Å². The van der Waals surface area contributed by atoms with Gasteiger partial charge in [0.15, 0.2) is 0 Å². The van der Waals surface area contributed by atoms with Crippen LogP contribution in [0.4, 0.5) is 5.82 Å². The van der Waals surface area contributed by atoms with Crippen molar-refractivity contribution in [1.82, 2.24) is 9.78 Å². The SMILES string of the molecule is CC1(C)C(C=C(Cl)Cl)C1C(=O)Nc1ccnn1Cc1cccs1. The van der Waals surface area contributed by atoms with Gasteiger partial charge in [0.2, 0.25) is 5.91 Å². The van der Waals surface area contributed by atoms with E-state index in [1.807, 2.05) is 31.4 Å². The summed E-state index contributed by atoms with van der Waals surface area (Å²) in [5.74, 6) is 0.589. The molecule has 0 saturated heterocycles. The number of nitrogens with one attached hydrogen (secondary N) is 1. The highest BCUT2D eigenvalue weighted by Crippen LogP contribution is 2.60. The number of hydrogen-bond donors (Lipinski definition) is 1. The minimum Gasteiger partial charge on any atom is -0.311 e. The van der Waals surface area contributed by atoms with Crippen molar-refractivity contribution in [3.8, 4) is 0 Å². The van der Waals surface area contributed by atoms with E-state index in [9.17, 15) is 4.79 Å². The molecule has 1 fully saturated rings. The molecule has 122 valence electrons. The van der Waals surface area contributed by atoms with Crippen LogP contribution in [0.5, 0.6) is 0 Å². The Labute approximate surface area is 149 Å². The predicted octanol–water partition coefficient (Wildman–Crippen LogP) is 4.52. The van der Waals surface area contributed by atoms with Gasteiger partial charge in [0.1, 0.15) is 10.3 Å². The fourth-order valence-corrected chi connectivity index (χ4v) is 3.90. The van der Waals surface area contributed by atoms with Crippen LogP contribution in [0.25, 0.3) is 0 Å². The summed E-state index contributed by atoms with van der Waals surface area (Å²) in [7, 11) is 0. The highest BCUT2D eigenvalue weighted by Gasteiger charge is 2.60. The number of anilines is 1. The fraction of sp³-hybridized carbons (Fsp3) is 0.375. The summed E-state index contributed by atoms with van der Waals surface area (Å²) in [4.78, 5) is 13.8. The number of nitrogens with zero attached hydrogens (tertiary/aromatic N) is 2. The Morgan fingerprint density at radius 1 is 1.48 bits per heavy atom. The Hall–Kier alpha value is -1.30. The topological polar surface area (TPSA) is 46.9 Å². The van der Waals surface area contributed by atoms with Gasteiger partial charge in [-0.05, 0) is 28.9 Å². The molecule has 1 amide bonds. The number of carbonyl (C=O) groups is 1. The average Bonchev–Trinajstić information content (AvgIpc) is 2.91. The monoisotopic (exact) mass is 369 g/mol. The van der Waals surface area contributed by atoms with Crippen LogP contribution in [-0.4, -0.2) is 15.7 Å². The molecule has 2 unspecified atom stereocenters. The maximum Gasteiger partial charge on any atom is 0.229 e. The van der Waals surface area contributed by atoms with Crippen LogP contribution in [0.2, 0.25) is 0 Å². The third-order valence-electron chi connectivity index (χ3n) is 4.35. The Morgan fingerprint density at radius 2 is 2.26 bits per heavy atom. The van der Waals surface area contributed by atoms with E-state index in [0.717, 1.165) is 0 Å². The molecule has 3 rings (SSSR count). The summed E-state index contributed by atoms with van der Waals surface area (Å²) in [6.07, 6.45) is 3.44. The summed E-state index contributed by atoms with van der Waals surface area (Å²) >= 11 is 13.1. The summed E-state index contributed by atoms with van der Waals surface area (Å²) < 4.78 is 2.00. The van der Waals surface area contributed by atoms with E-state index in [0.29, 0.717) is 12.4 Å². The smallest absolute Gasteiger partial charge is 0.229 e. The zero-order valence-corrected chi connectivity index (χ0v) is 15.1. The molecular weight excluding hydrogens is 353 g/mol. The number of hydrogen-bond acceptors (Lipinski definition) is 3. The molecule has 0 aromatic carbocycles. The van der Waals surface area contributed by atoms with Crippen LogP contribution >= 0.6 is 34.5 Å². The maximum atomic E-state index is 12.6. The third-order valence-corrected chi connectivity index (χ3v) is 5.47. The first-order valence-electron chi connectivity index (χ1n) is 7.27. The number of thiophene rings is 1. The van der Waals surface area contributed by atoms with Gasteiger partial charge in [0.25, 0.3) is 0 Å². The van der Waals surface area contributed by atoms with Gasteiger partial charge in [-0.2, -0.15) is 5.10 Å². The van der Waals surface area contributed by atoms with Crippen LogP contribution in [0.1, 0.15) is 18.7 Å². The average molecular weight is 370 g/mol. The summed E-state index contributed by atoms with van der Waals surface area (Å²) in [5.41, 5.74) is -0.141. The maximum absolute atomic E-state index is 12.6. The van der Waals surface area contributed by atoms with Crippen molar-refractivity contribution < 1.29 is 4.79 Å². The van der Waals surface area contributed by atoms with Gasteiger partial charge in [-0.25, -0.2) is 4.68 Å². The lowest BCUT2D eigenvalue weighted by Crippen LogP contribution is -2.19. The molecule has 7 heteroatoms. The number of carbonyl (C=O) groups excluding carboxylic acids is 1. The Balaban J connectivity index is 1.70. The van der Waals surface area contributed by atoms with E-state index >= 15 is 0 Å². The van der Waals surface area contributed by atoms with Crippen molar-refractivity contribution in [3.63, 3.8) is 0 Å². The van der Waals surface area contributed by atoms with E-state index in [2.05, 4.69) is 10.4 Å². The molecule has 23 heavy (non-hydrogen) atoms. The van der Waals surface area contributed by atoms with Gasteiger partial charge >= 0.3 is 0 Å². The van der Waals surface area contributed by atoms with Crippen LogP contribution in [0, 0.1) is 17.3 Å². The van der Waals surface area contributed by atoms with Crippen molar-refractivity contribution in [1.29, 1.82) is 0 Å². The molecule has 2 aromatic rings. The highest BCUT2D eigenvalue weighted by atomic mass is 35.5. The van der Waals surface area contributed by atoms with Gasteiger partial charge in [0, 0.05) is 10.9 Å². The molecule has 2 heterocycles. The van der Waals surface area contributed by atoms with Crippen molar-refractivity contribution in [2.24, 2.45) is 17.3 Å². The first-order valence-corrected chi connectivity index (χ1v) is 8.91. The molecular formula is C16H17Cl2N3OS. The second kappa shape index (κ2) is 6.30. The number of aromatic nitrogens is 2. The standard InChI is InChI=1S/C16H17Cl2N3OS/c1-16(2)11(8-12(17)18)14(16)15(22)20-13-5-6-19-21(13)9-10-4-3-7-23-10/h3-8,11,14H,9H2,1-2H3,(H,20,22). The summed E-state index contributed by atoms with van der Waals surface area (Å²) in [6, 6.07) is 5.85. The Bertz CT molecular complexity index is 732. The van der Waals surface area contributed by atoms with Crippen molar-refractivity contribution in [3.05, 3.63) is 45.2 Å². The molecule has 2 aromatic heterocycles. The van der Waals surface area contributed by atoms with Gasteiger partial charge in [0.05, 0.1) is 18.7 Å². The lowest BCUT2D eigenvalue weighted by molar-refractivity contribution is -0.118. The Kier molecular flexibility index (Phi) is 4.54. The van der Waals surface area contributed by atoms with Crippen molar-refractivity contribution in [2.45, 2.75) is 20.4 Å². The number of allylic oxidation sites excluding steroid dienone is 1. The normalized spacial score (nSPS) is 21.7. The lowest BCUT2D eigenvalue weighted by atomic mass is 10.1. The third kappa shape index (κ3) is 3.47. The van der Waals surface area contributed by atoms with Crippen molar-refractivity contribution >= 4 is 46.3 Å². The molecule has 4 nitrogen and oxygen atoms in total. The largest absolute Gasteiger partial charge is 0.311 e. The molecule has 1 aliphatic carbocycles. The Morgan fingerprint density at radius 3 is 2.91 bits per heavy atom. The summed E-state index contributed by atoms with van der Waals surface area (Å²) in [6.45, 7) is 4.72. The van der Waals surface area contributed by atoms with Crippen LogP contribution in [0.15, 0.2) is 40.3 Å². The van der Waals surface area contributed by atoms with E-state index in [1.54, 1.807) is 34.4 Å². The van der Waals surface area contributed by atoms with Gasteiger partial charge in [-0.15, -0.1) is 11.3 Å².